The third-order valence-electron chi connectivity index (χ3n) is 4.78. The molecule has 7 heteroatoms. The molecule has 3 rings (SSSR count). The molecule has 25 heavy (non-hydrogen) atoms. The van der Waals surface area contributed by atoms with E-state index in [1.54, 1.807) is 20.1 Å². The topological polar surface area (TPSA) is 89.0 Å². The fraction of sp³-hybridized carbons (Fsp3) is 0.611. The lowest BCUT2D eigenvalue weighted by atomic mass is 9.89. The lowest BCUT2D eigenvalue weighted by Crippen LogP contribution is -2.51. The Kier molecular flexibility index (Phi) is 5.22. The molecule has 1 aliphatic carbocycles. The minimum absolute atomic E-state index is 0.127. The quantitative estimate of drug-likeness (QED) is 0.347. The summed E-state index contributed by atoms with van der Waals surface area (Å²) in [6.07, 6.45) is 9.01. The van der Waals surface area contributed by atoms with Crippen molar-refractivity contribution in [2.45, 2.75) is 57.7 Å². The summed E-state index contributed by atoms with van der Waals surface area (Å²) in [4.78, 5) is 29.1. The van der Waals surface area contributed by atoms with Gasteiger partial charge >= 0.3 is 11.9 Å². The van der Waals surface area contributed by atoms with Crippen molar-refractivity contribution in [2.24, 2.45) is 4.99 Å². The van der Waals surface area contributed by atoms with Gasteiger partial charge in [-0.1, -0.05) is 6.42 Å². The molecule has 1 saturated heterocycles. The highest BCUT2D eigenvalue weighted by Crippen LogP contribution is 2.36. The Morgan fingerprint density at radius 2 is 1.80 bits per heavy atom. The summed E-state index contributed by atoms with van der Waals surface area (Å²) in [5, 5.41) is 7.12. The number of hydrogen-bond acceptors (Lipinski definition) is 7. The first-order chi connectivity index (χ1) is 12.1. The monoisotopic (exact) mass is 347 g/mol. The SMILES string of the molecule is CCOC(=O)C(C(=O)OCC)=C1N=CC=C2NC3(CCCCC3)NC21. The van der Waals surface area contributed by atoms with Gasteiger partial charge in [-0.25, -0.2) is 9.59 Å². The van der Waals surface area contributed by atoms with Gasteiger partial charge in [-0.05, 0) is 45.6 Å². The Bertz CT molecular complexity index is 625. The smallest absolute Gasteiger partial charge is 0.347 e. The molecule has 0 aromatic rings. The maximum atomic E-state index is 12.4. The summed E-state index contributed by atoms with van der Waals surface area (Å²) in [5.41, 5.74) is 0.974. The van der Waals surface area contributed by atoms with E-state index in [1.165, 1.54) is 6.42 Å². The van der Waals surface area contributed by atoms with Crippen LogP contribution >= 0.6 is 0 Å². The van der Waals surface area contributed by atoms with Crippen LogP contribution in [0.2, 0.25) is 0 Å². The minimum atomic E-state index is -0.694. The van der Waals surface area contributed by atoms with E-state index in [1.807, 2.05) is 6.08 Å². The van der Waals surface area contributed by atoms with Crippen LogP contribution in [0.1, 0.15) is 46.0 Å². The third kappa shape index (κ3) is 3.46. The molecule has 1 spiro atoms. The van der Waals surface area contributed by atoms with E-state index >= 15 is 0 Å². The van der Waals surface area contributed by atoms with Crippen molar-refractivity contribution in [3.05, 3.63) is 23.0 Å². The highest BCUT2D eigenvalue weighted by molar-refractivity contribution is 6.15. The van der Waals surface area contributed by atoms with Crippen LogP contribution in [-0.2, 0) is 19.1 Å². The van der Waals surface area contributed by atoms with Crippen LogP contribution in [0.25, 0.3) is 0 Å². The first-order valence-corrected chi connectivity index (χ1v) is 8.99. The summed E-state index contributed by atoms with van der Waals surface area (Å²) in [7, 11) is 0. The van der Waals surface area contributed by atoms with Crippen molar-refractivity contribution in [3.8, 4) is 0 Å². The standard InChI is InChI=1S/C18H25N3O4/c1-3-24-16(22)13(17(23)25-4-2)15-14-12(8-11-19-15)20-18(21-14)9-6-5-7-10-18/h8,11,14,20-21H,3-7,9-10H2,1-2H3. The van der Waals surface area contributed by atoms with Gasteiger partial charge in [0, 0.05) is 11.9 Å². The van der Waals surface area contributed by atoms with Crippen LogP contribution in [-0.4, -0.2) is 43.1 Å². The molecule has 2 fully saturated rings. The molecule has 0 aromatic carbocycles. The van der Waals surface area contributed by atoms with Crippen LogP contribution in [0.3, 0.4) is 0 Å². The molecule has 0 radical (unpaired) electrons. The highest BCUT2D eigenvalue weighted by Gasteiger charge is 2.45. The van der Waals surface area contributed by atoms with Crippen molar-refractivity contribution < 1.29 is 19.1 Å². The second-order valence-electron chi connectivity index (χ2n) is 6.45. The maximum Gasteiger partial charge on any atom is 0.347 e. The van der Waals surface area contributed by atoms with E-state index in [4.69, 9.17) is 9.47 Å². The minimum Gasteiger partial charge on any atom is -0.462 e. The number of ether oxygens (including phenoxy) is 2. The van der Waals surface area contributed by atoms with E-state index in [-0.39, 0.29) is 30.5 Å². The second-order valence-corrected chi connectivity index (χ2v) is 6.45. The Labute approximate surface area is 147 Å². The van der Waals surface area contributed by atoms with E-state index in [0.29, 0.717) is 5.70 Å². The molecule has 1 atom stereocenters. The van der Waals surface area contributed by atoms with Gasteiger partial charge in [0.05, 0.1) is 30.6 Å². The zero-order valence-corrected chi connectivity index (χ0v) is 14.8. The number of allylic oxidation sites excluding steroid dienone is 1. The zero-order chi connectivity index (χ0) is 17.9. The molecule has 136 valence electrons. The van der Waals surface area contributed by atoms with Crippen LogP contribution < -0.4 is 10.6 Å². The first kappa shape index (κ1) is 17.7. The molecule has 0 aromatic heterocycles. The molecule has 2 aliphatic heterocycles. The van der Waals surface area contributed by atoms with Crippen molar-refractivity contribution in [1.29, 1.82) is 0 Å². The number of nitrogens with one attached hydrogen (secondary N) is 2. The molecule has 7 nitrogen and oxygen atoms in total. The fourth-order valence-electron chi connectivity index (χ4n) is 3.70. The van der Waals surface area contributed by atoms with Gasteiger partial charge in [0.1, 0.15) is 0 Å². The zero-order valence-electron chi connectivity index (χ0n) is 14.8. The molecule has 0 bridgehead atoms. The summed E-state index contributed by atoms with van der Waals surface area (Å²) in [6.45, 7) is 3.77. The Balaban J connectivity index is 1.96. The van der Waals surface area contributed by atoms with Gasteiger partial charge in [0.15, 0.2) is 5.57 Å². The largest absolute Gasteiger partial charge is 0.462 e. The van der Waals surface area contributed by atoms with Crippen molar-refractivity contribution >= 4 is 18.2 Å². The number of dihydropyridines is 1. The number of rotatable bonds is 4. The average molecular weight is 347 g/mol. The lowest BCUT2D eigenvalue weighted by Gasteiger charge is -2.34. The maximum absolute atomic E-state index is 12.4. The van der Waals surface area contributed by atoms with Gasteiger partial charge in [0.2, 0.25) is 0 Å². The van der Waals surface area contributed by atoms with Crippen molar-refractivity contribution in [1.82, 2.24) is 10.6 Å². The normalized spacial score (nSPS) is 23.5. The van der Waals surface area contributed by atoms with E-state index in [0.717, 1.165) is 31.4 Å². The number of esters is 2. The van der Waals surface area contributed by atoms with Crippen molar-refractivity contribution in [3.63, 3.8) is 0 Å². The Morgan fingerprint density at radius 1 is 1.16 bits per heavy atom. The van der Waals surface area contributed by atoms with Crippen LogP contribution in [0, 0.1) is 0 Å². The number of hydrogen-bond donors (Lipinski definition) is 2. The summed E-state index contributed by atoms with van der Waals surface area (Å²) in [6, 6.07) is -0.327. The number of nitrogens with zero attached hydrogens (tertiary/aromatic N) is 1. The summed E-state index contributed by atoms with van der Waals surface area (Å²) < 4.78 is 10.1. The fourth-order valence-corrected chi connectivity index (χ4v) is 3.70. The molecule has 2 N–H and O–H groups in total. The van der Waals surface area contributed by atoms with Crippen LogP contribution in [0.5, 0.6) is 0 Å². The van der Waals surface area contributed by atoms with E-state index < -0.39 is 11.9 Å². The van der Waals surface area contributed by atoms with Gasteiger partial charge in [-0.3, -0.25) is 10.3 Å². The number of aliphatic imine (C=N–C) groups is 1. The Morgan fingerprint density at radius 3 is 2.40 bits per heavy atom. The molecule has 1 saturated carbocycles. The van der Waals surface area contributed by atoms with Gasteiger partial charge < -0.3 is 14.8 Å². The van der Waals surface area contributed by atoms with Crippen LogP contribution in [0.15, 0.2) is 28.0 Å². The molecular formula is C18H25N3O4. The van der Waals surface area contributed by atoms with Crippen molar-refractivity contribution in [2.75, 3.05) is 13.2 Å². The molecular weight excluding hydrogens is 322 g/mol. The molecule has 1 unspecified atom stereocenters. The number of carbonyl (C=O) groups excluding carboxylic acids is 2. The van der Waals surface area contributed by atoms with E-state index in [2.05, 4.69) is 15.6 Å². The number of fused-ring (bicyclic) bond motifs is 1. The van der Waals surface area contributed by atoms with Gasteiger partial charge in [-0.15, -0.1) is 0 Å². The molecule has 3 aliphatic rings. The van der Waals surface area contributed by atoms with E-state index in [9.17, 15) is 9.59 Å². The predicted octanol–water partition coefficient (Wildman–Crippen LogP) is 1.56. The summed E-state index contributed by atoms with van der Waals surface area (Å²) >= 11 is 0. The Hall–Kier alpha value is -2.15. The van der Waals surface area contributed by atoms with Gasteiger partial charge in [0.25, 0.3) is 0 Å². The average Bonchev–Trinajstić information content (AvgIpc) is 2.94. The lowest BCUT2D eigenvalue weighted by molar-refractivity contribution is -0.146. The first-order valence-electron chi connectivity index (χ1n) is 8.99. The molecule has 0 amide bonds. The number of carbonyl (C=O) groups is 2. The second kappa shape index (κ2) is 7.39. The van der Waals surface area contributed by atoms with Gasteiger partial charge in [-0.2, -0.15) is 0 Å². The highest BCUT2D eigenvalue weighted by atomic mass is 16.6. The predicted molar refractivity (Wildman–Crippen MR) is 92.7 cm³/mol. The van der Waals surface area contributed by atoms with Crippen LogP contribution in [0.4, 0.5) is 0 Å². The molecule has 2 heterocycles. The third-order valence-corrected chi connectivity index (χ3v) is 4.78. The summed E-state index contributed by atoms with van der Waals surface area (Å²) in [5.74, 6) is -1.39.